The molecule has 5 atom stereocenters. The molecule has 0 aliphatic rings. The van der Waals surface area contributed by atoms with Crippen molar-refractivity contribution >= 4 is 23.9 Å². The summed E-state index contributed by atoms with van der Waals surface area (Å²) >= 11 is 0. The number of nitrogens with two attached hydrogens (primary N) is 1. The SMILES string of the molecule is CCCC(C)C(=O)Oc1ccc(CC(N)(C[C@H](C)OC(=O)C(C)CCC)C(=O)O)cc1OC(=O)C(C)CCC. The van der Waals surface area contributed by atoms with Gasteiger partial charge in [-0.25, -0.2) is 0 Å². The minimum absolute atomic E-state index is 0.0260. The van der Waals surface area contributed by atoms with Crippen molar-refractivity contribution in [1.82, 2.24) is 0 Å². The summed E-state index contributed by atoms with van der Waals surface area (Å²) in [5, 5.41) is 9.98. The first kappa shape index (κ1) is 34.1. The number of carboxylic acid groups (broad SMARTS) is 1. The number of carbonyl (C=O) groups excluding carboxylic acids is 3. The maximum Gasteiger partial charge on any atom is 0.324 e. The molecule has 9 nitrogen and oxygen atoms in total. The Morgan fingerprint density at radius 3 is 1.72 bits per heavy atom. The number of ether oxygens (including phenoxy) is 3. The molecule has 4 unspecified atom stereocenters. The summed E-state index contributed by atoms with van der Waals surface area (Å²) in [7, 11) is 0. The van der Waals surface area contributed by atoms with Crippen LogP contribution in [-0.4, -0.2) is 40.6 Å². The summed E-state index contributed by atoms with van der Waals surface area (Å²) in [4.78, 5) is 49.8. The molecule has 0 aliphatic carbocycles. The number of hydrogen-bond donors (Lipinski definition) is 2. The molecule has 9 heteroatoms. The minimum Gasteiger partial charge on any atom is -0.480 e. The van der Waals surface area contributed by atoms with Gasteiger partial charge in [-0.3, -0.25) is 19.2 Å². The van der Waals surface area contributed by atoms with Crippen LogP contribution in [0, 0.1) is 17.8 Å². The summed E-state index contributed by atoms with van der Waals surface area (Å²) in [6.45, 7) is 12.8. The number of hydrogen-bond acceptors (Lipinski definition) is 8. The molecule has 0 radical (unpaired) electrons. The molecular formula is C30H47NO8. The third-order valence-electron chi connectivity index (χ3n) is 6.72. The van der Waals surface area contributed by atoms with Crippen molar-refractivity contribution in [3.05, 3.63) is 23.8 Å². The molecular weight excluding hydrogens is 502 g/mol. The normalized spacial score (nSPS) is 15.8. The second-order valence-corrected chi connectivity index (χ2v) is 10.8. The molecule has 0 saturated carbocycles. The number of benzene rings is 1. The van der Waals surface area contributed by atoms with Gasteiger partial charge >= 0.3 is 23.9 Å². The lowest BCUT2D eigenvalue weighted by Crippen LogP contribution is -2.52. The van der Waals surface area contributed by atoms with Crippen LogP contribution in [0.4, 0.5) is 0 Å². The van der Waals surface area contributed by atoms with E-state index in [4.69, 9.17) is 19.9 Å². The average molecular weight is 550 g/mol. The smallest absolute Gasteiger partial charge is 0.324 e. The van der Waals surface area contributed by atoms with E-state index in [0.717, 1.165) is 19.3 Å². The molecule has 0 bridgehead atoms. The van der Waals surface area contributed by atoms with Gasteiger partial charge in [-0.2, -0.15) is 0 Å². The van der Waals surface area contributed by atoms with Crippen LogP contribution in [-0.2, 0) is 30.3 Å². The molecule has 0 spiro atoms. The second kappa shape index (κ2) is 16.2. The van der Waals surface area contributed by atoms with E-state index in [1.54, 1.807) is 33.8 Å². The Kier molecular flexibility index (Phi) is 14.2. The van der Waals surface area contributed by atoms with Crippen LogP contribution in [0.5, 0.6) is 11.5 Å². The van der Waals surface area contributed by atoms with Crippen molar-refractivity contribution < 1.29 is 38.5 Å². The number of esters is 3. The lowest BCUT2D eigenvalue weighted by molar-refractivity contribution is -0.156. The summed E-state index contributed by atoms with van der Waals surface area (Å²) in [5.74, 6) is -3.49. The topological polar surface area (TPSA) is 142 Å². The summed E-state index contributed by atoms with van der Waals surface area (Å²) in [6.07, 6.45) is 3.38. The second-order valence-electron chi connectivity index (χ2n) is 10.8. The molecule has 0 aliphatic heterocycles. The van der Waals surface area contributed by atoms with Gasteiger partial charge in [-0.05, 0) is 43.9 Å². The van der Waals surface area contributed by atoms with Gasteiger partial charge in [0.15, 0.2) is 11.5 Å². The van der Waals surface area contributed by atoms with Crippen LogP contribution in [0.1, 0.15) is 99.0 Å². The third-order valence-corrected chi connectivity index (χ3v) is 6.72. The lowest BCUT2D eigenvalue weighted by atomic mass is 9.86. The van der Waals surface area contributed by atoms with Crippen LogP contribution in [0.3, 0.4) is 0 Å². The van der Waals surface area contributed by atoms with Gasteiger partial charge in [-0.1, -0.05) is 66.9 Å². The molecule has 0 saturated heterocycles. The van der Waals surface area contributed by atoms with Gasteiger partial charge in [0.25, 0.3) is 0 Å². The number of carboxylic acids is 1. The minimum atomic E-state index is -1.77. The van der Waals surface area contributed by atoms with Crippen LogP contribution in [0.15, 0.2) is 18.2 Å². The summed E-state index contributed by atoms with van der Waals surface area (Å²) in [6, 6.07) is 4.55. The van der Waals surface area contributed by atoms with Gasteiger partial charge in [-0.15, -0.1) is 0 Å². The highest BCUT2D eigenvalue weighted by molar-refractivity contribution is 5.80. The Morgan fingerprint density at radius 1 is 0.795 bits per heavy atom. The van der Waals surface area contributed by atoms with Crippen molar-refractivity contribution in [2.75, 3.05) is 0 Å². The zero-order chi connectivity index (χ0) is 29.8. The Balaban J connectivity index is 3.24. The zero-order valence-corrected chi connectivity index (χ0v) is 24.6. The van der Waals surface area contributed by atoms with E-state index < -0.39 is 35.5 Å². The fourth-order valence-electron chi connectivity index (χ4n) is 4.37. The molecule has 3 N–H and O–H groups in total. The van der Waals surface area contributed by atoms with Gasteiger partial charge < -0.3 is 25.1 Å². The maximum absolute atomic E-state index is 12.7. The largest absolute Gasteiger partial charge is 0.480 e. The Morgan fingerprint density at radius 2 is 1.26 bits per heavy atom. The highest BCUT2D eigenvalue weighted by Gasteiger charge is 2.37. The summed E-state index contributed by atoms with van der Waals surface area (Å²) < 4.78 is 16.7. The first-order valence-corrected chi connectivity index (χ1v) is 14.1. The molecule has 1 rings (SSSR count). The van der Waals surface area contributed by atoms with Crippen LogP contribution < -0.4 is 15.2 Å². The van der Waals surface area contributed by atoms with Crippen LogP contribution in [0.2, 0.25) is 0 Å². The molecule has 0 heterocycles. The number of rotatable bonds is 17. The van der Waals surface area contributed by atoms with Crippen molar-refractivity contribution in [2.45, 2.75) is 111 Å². The quantitative estimate of drug-likeness (QED) is 0.191. The third kappa shape index (κ3) is 11.0. The lowest BCUT2D eigenvalue weighted by Gasteiger charge is -2.28. The van der Waals surface area contributed by atoms with E-state index in [2.05, 4.69) is 0 Å². The Bertz CT molecular complexity index is 978. The fraction of sp³-hybridized carbons (Fsp3) is 0.667. The van der Waals surface area contributed by atoms with Gasteiger partial charge in [0.2, 0.25) is 0 Å². The van der Waals surface area contributed by atoms with Crippen molar-refractivity contribution in [1.29, 1.82) is 0 Å². The van der Waals surface area contributed by atoms with E-state index >= 15 is 0 Å². The summed E-state index contributed by atoms with van der Waals surface area (Å²) in [5.41, 5.74) is 5.03. The first-order chi connectivity index (χ1) is 18.3. The van der Waals surface area contributed by atoms with Crippen LogP contribution in [0.25, 0.3) is 0 Å². The van der Waals surface area contributed by atoms with Crippen molar-refractivity contribution in [3.8, 4) is 11.5 Å². The molecule has 1 aromatic rings. The van der Waals surface area contributed by atoms with E-state index in [0.29, 0.717) is 24.8 Å². The Labute approximate surface area is 232 Å². The molecule has 0 aromatic heterocycles. The predicted octanol–water partition coefficient (Wildman–Crippen LogP) is 5.45. The molecule has 1 aromatic carbocycles. The standard InChI is InChI=1S/C30H47NO8/c1-8-11-19(4)26(32)37-22(7)17-30(31,29(35)36)18-23-14-15-24(38-27(33)20(5)12-9-2)25(16-23)39-28(34)21(6)13-10-3/h14-16,19-22H,8-13,17-18,31H2,1-7H3,(H,35,36)/t19?,20?,21?,22-,30?/m0/s1. The number of carbonyl (C=O) groups is 4. The number of aliphatic carboxylic acids is 1. The Hall–Kier alpha value is -2.94. The van der Waals surface area contributed by atoms with Crippen molar-refractivity contribution in [2.24, 2.45) is 23.5 Å². The molecule has 0 fully saturated rings. The van der Waals surface area contributed by atoms with Gasteiger partial charge in [0.1, 0.15) is 11.6 Å². The van der Waals surface area contributed by atoms with E-state index in [1.165, 1.54) is 12.1 Å². The highest BCUT2D eigenvalue weighted by atomic mass is 16.6. The molecule has 39 heavy (non-hydrogen) atoms. The first-order valence-electron chi connectivity index (χ1n) is 14.1. The van der Waals surface area contributed by atoms with Crippen LogP contribution >= 0.6 is 0 Å². The van der Waals surface area contributed by atoms with Crippen molar-refractivity contribution in [3.63, 3.8) is 0 Å². The van der Waals surface area contributed by atoms with E-state index in [9.17, 15) is 24.3 Å². The monoisotopic (exact) mass is 549 g/mol. The fourth-order valence-corrected chi connectivity index (χ4v) is 4.37. The van der Waals surface area contributed by atoms with Gasteiger partial charge in [0.05, 0.1) is 17.8 Å². The average Bonchev–Trinajstić information content (AvgIpc) is 2.85. The maximum atomic E-state index is 12.7. The van der Waals surface area contributed by atoms with E-state index in [-0.39, 0.29) is 42.1 Å². The predicted molar refractivity (Wildman–Crippen MR) is 148 cm³/mol. The zero-order valence-electron chi connectivity index (χ0n) is 24.6. The molecule has 0 amide bonds. The van der Waals surface area contributed by atoms with E-state index in [1.807, 2.05) is 20.8 Å². The molecule has 220 valence electrons. The van der Waals surface area contributed by atoms with Gasteiger partial charge in [0, 0.05) is 12.8 Å². The highest BCUT2D eigenvalue weighted by Crippen LogP contribution is 2.32.